The van der Waals surface area contributed by atoms with Gasteiger partial charge >= 0.3 is 51.4 Å². The second-order valence-electron chi connectivity index (χ2n) is 6.78. The average Bonchev–Trinajstić information content (AvgIpc) is 3.13. The Balaban J connectivity index is 0.00000385. The minimum atomic E-state index is -4.01. The summed E-state index contributed by atoms with van der Waals surface area (Å²) < 4.78 is 27.9. The number of nitro groups is 1. The summed E-state index contributed by atoms with van der Waals surface area (Å²) in [4.78, 5) is 14.1. The molecular formula is C19H21KN8O4S. The molecule has 12 nitrogen and oxygen atoms in total. The SMILES string of the molecule is CCCCn1ncn([N-]S(=O)(=O)c2ccc(C)cc2)c1=NN=Nc1ccc([N+](=O)[O-])cc1.[K+]. The van der Waals surface area contributed by atoms with Crippen molar-refractivity contribution < 1.29 is 64.7 Å². The van der Waals surface area contributed by atoms with Crippen molar-refractivity contribution in [2.45, 2.75) is 38.1 Å². The molecule has 3 rings (SSSR count). The van der Waals surface area contributed by atoms with Gasteiger partial charge in [0, 0.05) is 18.7 Å². The maximum absolute atomic E-state index is 12.7. The number of aryl methyl sites for hydroxylation is 2. The topological polar surface area (TPSA) is 151 Å². The van der Waals surface area contributed by atoms with E-state index in [-0.39, 0.29) is 67.6 Å². The first-order valence-corrected chi connectivity index (χ1v) is 11.1. The van der Waals surface area contributed by atoms with E-state index in [9.17, 15) is 18.5 Å². The zero-order valence-corrected chi connectivity index (χ0v) is 22.4. The first kappa shape index (κ1) is 27.0. The Morgan fingerprint density at radius 3 is 2.39 bits per heavy atom. The first-order chi connectivity index (χ1) is 15.3. The van der Waals surface area contributed by atoms with Crippen LogP contribution in [0.3, 0.4) is 0 Å². The molecule has 168 valence electrons. The Bertz CT molecular complexity index is 1280. The number of hydrogen-bond donors (Lipinski definition) is 0. The normalized spacial score (nSPS) is 12.0. The largest absolute Gasteiger partial charge is 1.00 e. The van der Waals surface area contributed by atoms with Crippen molar-refractivity contribution in [3.63, 3.8) is 0 Å². The molecule has 0 spiro atoms. The molecule has 0 aliphatic heterocycles. The third-order valence-corrected chi connectivity index (χ3v) is 5.59. The summed E-state index contributed by atoms with van der Waals surface area (Å²) in [7, 11) is -4.01. The third-order valence-electron chi connectivity index (χ3n) is 4.33. The smallest absolute Gasteiger partial charge is 0.502 e. The minimum Gasteiger partial charge on any atom is -0.502 e. The van der Waals surface area contributed by atoms with Crippen molar-refractivity contribution in [2.75, 3.05) is 0 Å². The summed E-state index contributed by atoms with van der Waals surface area (Å²) in [5.41, 5.74) is 1.26. The van der Waals surface area contributed by atoms with E-state index in [0.717, 1.165) is 23.1 Å². The van der Waals surface area contributed by atoms with Gasteiger partial charge in [0.15, 0.2) is 0 Å². The predicted octanol–water partition coefficient (Wildman–Crippen LogP) is 0.831. The molecule has 3 aromatic rings. The van der Waals surface area contributed by atoms with Crippen LogP contribution in [0.5, 0.6) is 0 Å². The predicted molar refractivity (Wildman–Crippen MR) is 115 cm³/mol. The van der Waals surface area contributed by atoms with E-state index in [4.69, 9.17) is 0 Å². The van der Waals surface area contributed by atoms with Gasteiger partial charge in [0.25, 0.3) is 5.69 Å². The van der Waals surface area contributed by atoms with Crippen molar-refractivity contribution >= 4 is 21.4 Å². The number of rotatable bonds is 9. The van der Waals surface area contributed by atoms with E-state index in [2.05, 4.69) is 25.4 Å². The fourth-order valence-corrected chi connectivity index (χ4v) is 3.50. The molecule has 0 atom stereocenters. The summed E-state index contributed by atoms with van der Waals surface area (Å²) in [6, 6.07) is 11.7. The number of nitrogens with zero attached hydrogens (tertiary/aromatic N) is 8. The van der Waals surface area contributed by atoms with Crippen LogP contribution >= 0.6 is 0 Å². The van der Waals surface area contributed by atoms with Gasteiger partial charge in [-0.25, -0.2) is 13.1 Å². The fraction of sp³-hybridized carbons (Fsp3) is 0.263. The van der Waals surface area contributed by atoms with Crippen LogP contribution in [-0.4, -0.2) is 27.8 Å². The van der Waals surface area contributed by atoms with Crippen molar-refractivity contribution in [1.29, 1.82) is 0 Å². The van der Waals surface area contributed by atoms with E-state index in [1.807, 2.05) is 13.8 Å². The van der Waals surface area contributed by atoms with Crippen molar-refractivity contribution in [3.05, 3.63) is 81.0 Å². The molecule has 2 aromatic carbocycles. The number of unbranched alkanes of at least 4 members (excludes halogenated alkanes) is 1. The molecule has 33 heavy (non-hydrogen) atoms. The van der Waals surface area contributed by atoms with E-state index >= 15 is 0 Å². The van der Waals surface area contributed by atoms with Crippen LogP contribution in [0.2, 0.25) is 0 Å². The molecule has 0 bridgehead atoms. The van der Waals surface area contributed by atoms with Gasteiger partial charge in [-0.15, -0.1) is 5.11 Å². The van der Waals surface area contributed by atoms with Gasteiger partial charge in [-0.05, 0) is 42.8 Å². The van der Waals surface area contributed by atoms with Gasteiger partial charge in [0.2, 0.25) is 5.62 Å². The Morgan fingerprint density at radius 1 is 1.12 bits per heavy atom. The van der Waals surface area contributed by atoms with E-state index in [1.54, 1.807) is 12.1 Å². The number of non-ortho nitro benzene ring substituents is 1. The van der Waals surface area contributed by atoms with Crippen LogP contribution in [0, 0.1) is 17.0 Å². The molecular weight excluding hydrogens is 475 g/mol. The van der Waals surface area contributed by atoms with Gasteiger partial charge in [-0.2, -0.15) is 5.10 Å². The van der Waals surface area contributed by atoms with Crippen LogP contribution in [0.4, 0.5) is 11.4 Å². The quantitative estimate of drug-likeness (QED) is 0.186. The van der Waals surface area contributed by atoms with Gasteiger partial charge < -0.3 is 9.51 Å². The second-order valence-corrected chi connectivity index (χ2v) is 8.37. The van der Waals surface area contributed by atoms with Crippen molar-refractivity contribution in [1.82, 2.24) is 14.5 Å². The summed E-state index contributed by atoms with van der Waals surface area (Å²) >= 11 is 0. The summed E-state index contributed by atoms with van der Waals surface area (Å²) in [6.07, 6.45) is 2.92. The standard InChI is InChI=1S/C19H21N8O4S.K/c1-3-4-13-25-19(22-23-21-16-7-9-17(10-8-16)27(28)29)26(14-20-25)24-32(30,31)18-11-5-15(2)6-12-18;/h5-12,14H,3-4,13H2,1-2H3;/q-1;+1. The Hall–Kier alpha value is -2.23. The van der Waals surface area contributed by atoms with Gasteiger partial charge in [0.1, 0.15) is 16.4 Å². The van der Waals surface area contributed by atoms with Crippen LogP contribution in [0.15, 0.2) is 75.2 Å². The molecule has 0 aliphatic carbocycles. The number of aromatic nitrogens is 3. The van der Waals surface area contributed by atoms with Crippen LogP contribution < -0.4 is 57.0 Å². The third kappa shape index (κ3) is 7.38. The van der Waals surface area contributed by atoms with E-state index in [1.165, 1.54) is 47.4 Å². The maximum Gasteiger partial charge on any atom is 1.00 e. The van der Waals surface area contributed by atoms with Gasteiger partial charge in [-0.1, -0.05) is 36.1 Å². The molecule has 0 saturated heterocycles. The van der Waals surface area contributed by atoms with E-state index < -0.39 is 14.9 Å². The molecule has 0 radical (unpaired) electrons. The molecule has 0 unspecified atom stereocenters. The molecule has 14 heteroatoms. The van der Waals surface area contributed by atoms with Crippen molar-refractivity contribution in [3.8, 4) is 0 Å². The number of sulfonamides is 1. The number of hydrogen-bond acceptors (Lipinski definition) is 7. The summed E-state index contributed by atoms with van der Waals surface area (Å²) in [5.74, 6) is 0. The monoisotopic (exact) mass is 496 g/mol. The molecule has 0 N–H and O–H groups in total. The second kappa shape index (κ2) is 12.3. The Kier molecular flexibility index (Phi) is 10.1. The average molecular weight is 497 g/mol. The number of nitro benzene ring substituents is 1. The molecule has 1 heterocycles. The fourth-order valence-electron chi connectivity index (χ4n) is 2.58. The Labute approximate surface area is 233 Å². The zero-order chi connectivity index (χ0) is 23.1. The van der Waals surface area contributed by atoms with Gasteiger partial charge in [-0.3, -0.25) is 10.1 Å². The van der Waals surface area contributed by atoms with Crippen LogP contribution in [-0.2, 0) is 16.6 Å². The van der Waals surface area contributed by atoms with Crippen LogP contribution in [0.25, 0.3) is 4.83 Å². The molecule has 0 saturated carbocycles. The molecule has 1 aromatic heterocycles. The molecule has 0 amide bonds. The zero-order valence-electron chi connectivity index (χ0n) is 18.4. The van der Waals surface area contributed by atoms with Crippen LogP contribution in [0.1, 0.15) is 25.3 Å². The summed E-state index contributed by atoms with van der Waals surface area (Å²) in [6.45, 7) is 4.34. The molecule has 0 aliphatic rings. The van der Waals surface area contributed by atoms with Gasteiger partial charge in [0.05, 0.1) is 15.5 Å². The maximum atomic E-state index is 12.7. The number of benzene rings is 2. The Morgan fingerprint density at radius 2 is 1.79 bits per heavy atom. The minimum absolute atomic E-state index is 0. The van der Waals surface area contributed by atoms with E-state index in [0.29, 0.717) is 12.2 Å². The molecule has 0 fully saturated rings. The van der Waals surface area contributed by atoms with Crippen molar-refractivity contribution in [2.24, 2.45) is 15.4 Å². The summed E-state index contributed by atoms with van der Waals surface area (Å²) in [5, 5.41) is 26.5. The first-order valence-electron chi connectivity index (χ1n) is 9.69.